The van der Waals surface area contributed by atoms with Crippen LogP contribution < -0.4 is 5.73 Å². The van der Waals surface area contributed by atoms with E-state index in [-0.39, 0.29) is 16.4 Å². The minimum Gasteiger partial charge on any atom is -0.469 e. The molecule has 4 nitrogen and oxygen atoms in total. The molecule has 0 aliphatic rings. The van der Waals surface area contributed by atoms with Crippen LogP contribution in [0.1, 0.15) is 11.5 Å². The SMILES string of the molecule is Nc1noc(CCc2ccco2)c1-c1cccc(Cl)c1F. The van der Waals surface area contributed by atoms with Gasteiger partial charge < -0.3 is 14.7 Å². The van der Waals surface area contributed by atoms with Crippen molar-refractivity contribution in [3.63, 3.8) is 0 Å². The highest BCUT2D eigenvalue weighted by Crippen LogP contribution is 2.34. The van der Waals surface area contributed by atoms with Gasteiger partial charge in [0.2, 0.25) is 0 Å². The van der Waals surface area contributed by atoms with Crippen LogP contribution in [0.2, 0.25) is 5.02 Å². The number of nitrogen functional groups attached to an aromatic ring is 1. The normalized spacial score (nSPS) is 11.0. The van der Waals surface area contributed by atoms with Gasteiger partial charge in [-0.3, -0.25) is 0 Å². The topological polar surface area (TPSA) is 65.2 Å². The van der Waals surface area contributed by atoms with Gasteiger partial charge >= 0.3 is 0 Å². The van der Waals surface area contributed by atoms with Crippen LogP contribution in [0.25, 0.3) is 11.1 Å². The van der Waals surface area contributed by atoms with Crippen LogP contribution in [0.15, 0.2) is 45.5 Å². The number of aromatic nitrogens is 1. The highest BCUT2D eigenvalue weighted by molar-refractivity contribution is 6.31. The molecule has 3 aromatic rings. The monoisotopic (exact) mass is 306 g/mol. The van der Waals surface area contributed by atoms with Crippen molar-refractivity contribution in [1.29, 1.82) is 0 Å². The first-order chi connectivity index (χ1) is 10.2. The Morgan fingerprint density at radius 1 is 1.19 bits per heavy atom. The zero-order chi connectivity index (χ0) is 14.8. The van der Waals surface area contributed by atoms with Crippen molar-refractivity contribution in [3.8, 4) is 11.1 Å². The molecule has 0 amide bonds. The van der Waals surface area contributed by atoms with Crippen molar-refractivity contribution in [2.45, 2.75) is 12.8 Å². The van der Waals surface area contributed by atoms with E-state index in [1.54, 1.807) is 18.4 Å². The zero-order valence-electron chi connectivity index (χ0n) is 11.0. The number of aryl methyl sites for hydroxylation is 2. The molecule has 2 heterocycles. The van der Waals surface area contributed by atoms with Gasteiger partial charge in [-0.05, 0) is 18.2 Å². The van der Waals surface area contributed by atoms with E-state index in [0.717, 1.165) is 5.76 Å². The van der Waals surface area contributed by atoms with Crippen LogP contribution in [-0.4, -0.2) is 5.16 Å². The molecule has 6 heteroatoms. The fourth-order valence-corrected chi connectivity index (χ4v) is 2.36. The van der Waals surface area contributed by atoms with E-state index in [9.17, 15) is 4.39 Å². The number of nitrogens with two attached hydrogens (primary N) is 1. The maximum Gasteiger partial charge on any atom is 0.175 e. The lowest BCUT2D eigenvalue weighted by Crippen LogP contribution is -1.95. The quantitative estimate of drug-likeness (QED) is 0.788. The van der Waals surface area contributed by atoms with Gasteiger partial charge in [0, 0.05) is 18.4 Å². The second kappa shape index (κ2) is 5.61. The first-order valence-corrected chi connectivity index (χ1v) is 6.75. The van der Waals surface area contributed by atoms with E-state index in [0.29, 0.717) is 24.2 Å². The lowest BCUT2D eigenvalue weighted by atomic mass is 10.0. The Balaban J connectivity index is 1.95. The van der Waals surface area contributed by atoms with Gasteiger partial charge in [-0.15, -0.1) is 0 Å². The van der Waals surface area contributed by atoms with Crippen LogP contribution in [0.5, 0.6) is 0 Å². The summed E-state index contributed by atoms with van der Waals surface area (Å²) in [5.74, 6) is 0.923. The number of halogens is 2. The van der Waals surface area contributed by atoms with E-state index >= 15 is 0 Å². The Morgan fingerprint density at radius 2 is 2.05 bits per heavy atom. The average Bonchev–Trinajstić information content (AvgIpc) is 3.10. The molecule has 3 rings (SSSR count). The van der Waals surface area contributed by atoms with Crippen molar-refractivity contribution in [1.82, 2.24) is 5.16 Å². The minimum absolute atomic E-state index is 0.0325. The number of hydrogen-bond acceptors (Lipinski definition) is 4. The van der Waals surface area contributed by atoms with Gasteiger partial charge in [0.15, 0.2) is 5.82 Å². The number of anilines is 1. The predicted molar refractivity (Wildman–Crippen MR) is 77.4 cm³/mol. The van der Waals surface area contributed by atoms with Crippen LogP contribution >= 0.6 is 11.6 Å². The molecule has 2 aromatic heterocycles. The molecule has 0 saturated heterocycles. The predicted octanol–water partition coefficient (Wildman–Crippen LogP) is 4.09. The third-order valence-electron chi connectivity index (χ3n) is 3.19. The number of hydrogen-bond donors (Lipinski definition) is 1. The molecule has 0 saturated carbocycles. The summed E-state index contributed by atoms with van der Waals surface area (Å²) in [6.45, 7) is 0. The van der Waals surface area contributed by atoms with E-state index in [4.69, 9.17) is 26.3 Å². The van der Waals surface area contributed by atoms with Crippen LogP contribution in [0.4, 0.5) is 10.2 Å². The fourth-order valence-electron chi connectivity index (χ4n) is 2.19. The van der Waals surface area contributed by atoms with E-state index < -0.39 is 5.82 Å². The molecule has 0 aliphatic heterocycles. The van der Waals surface area contributed by atoms with Gasteiger partial charge in [-0.2, -0.15) is 0 Å². The molecule has 21 heavy (non-hydrogen) atoms. The first-order valence-electron chi connectivity index (χ1n) is 6.37. The molecular weight excluding hydrogens is 295 g/mol. The maximum absolute atomic E-state index is 14.2. The van der Waals surface area contributed by atoms with Gasteiger partial charge in [0.25, 0.3) is 0 Å². The fraction of sp³-hybridized carbons (Fsp3) is 0.133. The molecule has 2 N–H and O–H groups in total. The Morgan fingerprint density at radius 3 is 2.81 bits per heavy atom. The molecule has 0 spiro atoms. The molecular formula is C15H12ClFN2O2. The molecule has 0 radical (unpaired) electrons. The standard InChI is InChI=1S/C15H12ClFN2O2/c16-11-5-1-4-10(14(11)17)13-12(21-19-15(13)18)7-6-9-3-2-8-20-9/h1-5,8H,6-7H2,(H2,18,19). The summed E-state index contributed by atoms with van der Waals surface area (Å²) in [5, 5.41) is 3.76. The first kappa shape index (κ1) is 13.7. The summed E-state index contributed by atoms with van der Waals surface area (Å²) >= 11 is 5.81. The number of benzene rings is 1. The van der Waals surface area contributed by atoms with Gasteiger partial charge in [0.1, 0.15) is 17.3 Å². The second-order valence-electron chi connectivity index (χ2n) is 4.55. The molecule has 0 aliphatic carbocycles. The maximum atomic E-state index is 14.2. The summed E-state index contributed by atoms with van der Waals surface area (Å²) in [4.78, 5) is 0. The van der Waals surface area contributed by atoms with Gasteiger partial charge in [-0.25, -0.2) is 4.39 Å². The highest BCUT2D eigenvalue weighted by atomic mass is 35.5. The van der Waals surface area contributed by atoms with Gasteiger partial charge in [-0.1, -0.05) is 28.9 Å². The third-order valence-corrected chi connectivity index (χ3v) is 3.48. The molecule has 0 unspecified atom stereocenters. The Labute approximate surface area is 125 Å². The molecule has 1 aromatic carbocycles. The second-order valence-corrected chi connectivity index (χ2v) is 4.95. The van der Waals surface area contributed by atoms with Crippen molar-refractivity contribution < 1.29 is 13.3 Å². The number of furan rings is 1. The summed E-state index contributed by atoms with van der Waals surface area (Å²) in [5.41, 5.74) is 6.54. The van der Waals surface area contributed by atoms with Gasteiger partial charge in [0.05, 0.1) is 16.8 Å². The third kappa shape index (κ3) is 2.64. The zero-order valence-corrected chi connectivity index (χ0v) is 11.7. The van der Waals surface area contributed by atoms with Crippen molar-refractivity contribution >= 4 is 17.4 Å². The summed E-state index contributed by atoms with van der Waals surface area (Å²) < 4.78 is 24.6. The average molecular weight is 307 g/mol. The summed E-state index contributed by atoms with van der Waals surface area (Å²) in [6, 6.07) is 8.40. The Kier molecular flexibility index (Phi) is 3.66. The smallest absolute Gasteiger partial charge is 0.175 e. The Hall–Kier alpha value is -2.27. The van der Waals surface area contributed by atoms with Crippen LogP contribution in [0, 0.1) is 5.82 Å². The van der Waals surface area contributed by atoms with E-state index in [1.807, 2.05) is 12.1 Å². The Bertz CT molecular complexity index is 753. The van der Waals surface area contributed by atoms with Crippen molar-refractivity contribution in [3.05, 3.63) is 59.0 Å². The minimum atomic E-state index is -0.534. The molecule has 0 atom stereocenters. The highest BCUT2D eigenvalue weighted by Gasteiger charge is 2.20. The largest absolute Gasteiger partial charge is 0.469 e. The lowest BCUT2D eigenvalue weighted by Gasteiger charge is -2.05. The van der Waals surface area contributed by atoms with E-state index in [1.165, 1.54) is 6.07 Å². The number of nitrogens with zero attached hydrogens (tertiary/aromatic N) is 1. The van der Waals surface area contributed by atoms with E-state index in [2.05, 4.69) is 5.16 Å². The van der Waals surface area contributed by atoms with Crippen LogP contribution in [-0.2, 0) is 12.8 Å². The molecule has 0 bridgehead atoms. The molecule has 108 valence electrons. The summed E-state index contributed by atoms with van der Waals surface area (Å²) in [6.07, 6.45) is 2.71. The summed E-state index contributed by atoms with van der Waals surface area (Å²) in [7, 11) is 0. The van der Waals surface area contributed by atoms with Crippen LogP contribution in [0.3, 0.4) is 0 Å². The number of rotatable bonds is 4. The van der Waals surface area contributed by atoms with Crippen molar-refractivity contribution in [2.24, 2.45) is 0 Å². The van der Waals surface area contributed by atoms with Crippen molar-refractivity contribution in [2.75, 3.05) is 5.73 Å². The lowest BCUT2D eigenvalue weighted by molar-refractivity contribution is 0.381. The molecule has 0 fully saturated rings.